The normalized spacial score (nSPS) is 17.0. The number of hydrogen-bond acceptors (Lipinski definition) is 8. The van der Waals surface area contributed by atoms with Crippen molar-refractivity contribution in [2.45, 2.75) is 52.4 Å². The van der Waals surface area contributed by atoms with Crippen LogP contribution in [-0.2, 0) is 19.2 Å². The van der Waals surface area contributed by atoms with E-state index in [1.165, 1.54) is 36.5 Å². The summed E-state index contributed by atoms with van der Waals surface area (Å²) < 4.78 is 12.8. The van der Waals surface area contributed by atoms with Crippen molar-refractivity contribution < 1.29 is 28.7 Å². The molecule has 0 bridgehead atoms. The van der Waals surface area contributed by atoms with E-state index in [9.17, 15) is 19.2 Å². The molecule has 2 aromatic heterocycles. The second-order valence-electron chi connectivity index (χ2n) is 11.8. The fourth-order valence-corrected chi connectivity index (χ4v) is 9.18. The predicted molar refractivity (Wildman–Crippen MR) is 186 cm³/mol. The van der Waals surface area contributed by atoms with Crippen LogP contribution in [0.4, 0.5) is 11.4 Å². The molecular formula is C34H32Cl2N2O6S2. The Morgan fingerprint density at radius 2 is 1.26 bits per heavy atom. The molecule has 8 nitrogen and oxygen atoms in total. The number of halogens is 2. The molecule has 46 heavy (non-hydrogen) atoms. The molecule has 0 unspecified atom stereocenters. The minimum atomic E-state index is -0.449. The van der Waals surface area contributed by atoms with Crippen molar-refractivity contribution in [2.75, 3.05) is 34.6 Å². The third-order valence-corrected chi connectivity index (χ3v) is 11.6. The van der Waals surface area contributed by atoms with E-state index in [0.717, 1.165) is 42.4 Å². The molecule has 2 amide bonds. The number of fused-ring (bicyclic) bond motifs is 6. The van der Waals surface area contributed by atoms with E-state index in [1.807, 2.05) is 24.6 Å². The van der Waals surface area contributed by atoms with Crippen LogP contribution < -0.4 is 19.3 Å². The molecule has 4 aromatic rings. The smallest absolute Gasteiger partial charge is 0.308 e. The third kappa shape index (κ3) is 5.49. The van der Waals surface area contributed by atoms with Crippen LogP contribution in [0.25, 0.3) is 20.2 Å². The highest BCUT2D eigenvalue weighted by Crippen LogP contribution is 2.50. The largest absolute Gasteiger partial charge is 0.425 e. The summed E-state index contributed by atoms with van der Waals surface area (Å²) in [4.78, 5) is 54.8. The maximum Gasteiger partial charge on any atom is 0.308 e. The highest BCUT2D eigenvalue weighted by Gasteiger charge is 2.38. The Morgan fingerprint density at radius 1 is 0.804 bits per heavy atom. The maximum absolute atomic E-state index is 13.9. The van der Waals surface area contributed by atoms with Gasteiger partial charge in [-0.05, 0) is 53.3 Å². The molecule has 2 aliphatic rings. The van der Waals surface area contributed by atoms with Gasteiger partial charge >= 0.3 is 11.9 Å². The van der Waals surface area contributed by atoms with Gasteiger partial charge in [0.25, 0.3) is 5.91 Å². The molecule has 0 aliphatic carbocycles. The Balaban J connectivity index is 1.26. The molecule has 12 heteroatoms. The molecule has 2 aromatic carbocycles. The number of alkyl halides is 2. The third-order valence-electron chi connectivity index (χ3n) is 8.60. The predicted octanol–water partition coefficient (Wildman–Crippen LogP) is 7.96. The van der Waals surface area contributed by atoms with Crippen molar-refractivity contribution in [1.82, 2.24) is 0 Å². The lowest BCUT2D eigenvalue weighted by atomic mass is 9.97. The second kappa shape index (κ2) is 12.6. The average molecular weight is 700 g/mol. The Hall–Kier alpha value is -3.44. The molecule has 6 rings (SSSR count). The monoisotopic (exact) mass is 698 g/mol. The molecule has 240 valence electrons. The second-order valence-corrected chi connectivity index (χ2v) is 14.2. The summed E-state index contributed by atoms with van der Waals surface area (Å²) in [6, 6.07) is 3.49. The molecule has 2 atom stereocenters. The number of amides is 2. The number of carbonyl (C=O) groups is 4. The summed E-state index contributed by atoms with van der Waals surface area (Å²) in [5.41, 5.74) is 5.57. The van der Waals surface area contributed by atoms with Gasteiger partial charge in [-0.25, -0.2) is 0 Å². The first-order valence-electron chi connectivity index (χ1n) is 14.8. The van der Waals surface area contributed by atoms with Crippen LogP contribution in [0.15, 0.2) is 35.0 Å². The summed E-state index contributed by atoms with van der Waals surface area (Å²) in [5, 5.41) is 5.92. The fourth-order valence-electron chi connectivity index (χ4n) is 6.64. The van der Waals surface area contributed by atoms with Crippen LogP contribution in [0.3, 0.4) is 0 Å². The number of anilines is 2. The minimum Gasteiger partial charge on any atom is -0.425 e. The van der Waals surface area contributed by atoms with Crippen LogP contribution in [0.2, 0.25) is 0 Å². The molecule has 0 radical (unpaired) electrons. The van der Waals surface area contributed by atoms with E-state index in [2.05, 4.69) is 6.58 Å². The van der Waals surface area contributed by atoms with Gasteiger partial charge in [-0.2, -0.15) is 0 Å². The van der Waals surface area contributed by atoms with Crippen molar-refractivity contribution in [1.29, 1.82) is 0 Å². The first kappa shape index (κ1) is 32.5. The highest BCUT2D eigenvalue weighted by molar-refractivity contribution is 7.18. The number of aryl methyl sites for hydroxylation is 2. The van der Waals surface area contributed by atoms with Gasteiger partial charge in [-0.3, -0.25) is 19.2 Å². The summed E-state index contributed by atoms with van der Waals surface area (Å²) >= 11 is 15.8. The number of esters is 2. The molecule has 2 aliphatic heterocycles. The van der Waals surface area contributed by atoms with Crippen molar-refractivity contribution in [3.8, 4) is 11.5 Å². The first-order chi connectivity index (χ1) is 21.9. The number of carbonyl (C=O) groups excluding carboxylic acids is 4. The topological polar surface area (TPSA) is 93.2 Å². The van der Waals surface area contributed by atoms with Gasteiger partial charge in [0.15, 0.2) is 11.5 Å². The zero-order valence-electron chi connectivity index (χ0n) is 25.8. The van der Waals surface area contributed by atoms with E-state index < -0.39 is 11.9 Å². The lowest BCUT2D eigenvalue weighted by molar-refractivity contribution is -0.132. The average Bonchev–Trinajstić information content (AvgIpc) is 3.78. The van der Waals surface area contributed by atoms with E-state index in [4.69, 9.17) is 32.7 Å². The molecule has 0 N–H and O–H groups in total. The van der Waals surface area contributed by atoms with Gasteiger partial charge in [0.1, 0.15) is 0 Å². The number of nitrogens with zero attached hydrogens (tertiary/aromatic N) is 2. The fraction of sp³-hybridized carbons (Fsp3) is 0.353. The summed E-state index contributed by atoms with van der Waals surface area (Å²) in [6.45, 7) is 11.5. The summed E-state index contributed by atoms with van der Waals surface area (Å²) in [5.74, 6) is -0.151. The minimum absolute atomic E-state index is 0.0452. The van der Waals surface area contributed by atoms with Gasteiger partial charge in [-0.15, -0.1) is 45.9 Å². The van der Waals surface area contributed by atoms with Gasteiger partial charge in [0.2, 0.25) is 5.91 Å². The SMILES string of the molecule is C=C(CCC(=O)N1C[C@H](CCl)c2c1cc(OC(C)=O)c1scc(C)c21)C(=O)N1C[C@H](CCl)c2c1cc(OC(C)=O)c1scc(C)c21. The van der Waals surface area contributed by atoms with Crippen LogP contribution in [0, 0.1) is 13.8 Å². The van der Waals surface area contributed by atoms with Crippen molar-refractivity contribution in [3.05, 3.63) is 57.3 Å². The van der Waals surface area contributed by atoms with Gasteiger partial charge in [0.05, 0.1) is 20.8 Å². The molecule has 0 saturated carbocycles. The number of ether oxygens (including phenoxy) is 2. The van der Waals surface area contributed by atoms with Crippen LogP contribution in [0.1, 0.15) is 60.8 Å². The number of thiophene rings is 2. The number of hydrogen-bond donors (Lipinski definition) is 0. The van der Waals surface area contributed by atoms with E-state index in [0.29, 0.717) is 47.7 Å². The van der Waals surface area contributed by atoms with Crippen LogP contribution >= 0.6 is 45.9 Å². The quantitative estimate of drug-likeness (QED) is 0.0802. The van der Waals surface area contributed by atoms with E-state index in [1.54, 1.807) is 21.9 Å². The standard InChI is InChI=1S/C34H32Cl2N2O6S2/c1-16(34(42)38-13-22(11-36)31-24(38)9-26(44-20(5)40)33-29(31)18(3)15-46-33)6-7-27(41)37-12-21(10-35)30-23(37)8-25(43-19(4)39)32-28(30)17(2)14-45-32/h8-9,14-15,21-22H,1,6-7,10-13H2,2-5H3/t21-,22-/m0/s1. The van der Waals surface area contributed by atoms with Crippen molar-refractivity contribution >= 4 is 101 Å². The molecule has 4 heterocycles. The van der Waals surface area contributed by atoms with Crippen LogP contribution in [0.5, 0.6) is 11.5 Å². The van der Waals surface area contributed by atoms with Crippen LogP contribution in [-0.4, -0.2) is 48.6 Å². The summed E-state index contributed by atoms with van der Waals surface area (Å²) in [7, 11) is 0. The Labute approximate surface area is 284 Å². The molecule has 0 spiro atoms. The van der Waals surface area contributed by atoms with Gasteiger partial charge in [0, 0.05) is 85.4 Å². The Kier molecular flexibility index (Phi) is 8.93. The first-order valence-corrected chi connectivity index (χ1v) is 17.7. The zero-order valence-corrected chi connectivity index (χ0v) is 29.0. The number of benzene rings is 2. The molecule has 0 saturated heterocycles. The van der Waals surface area contributed by atoms with Crippen molar-refractivity contribution in [3.63, 3.8) is 0 Å². The Bertz CT molecular complexity index is 1960. The maximum atomic E-state index is 13.9. The lowest BCUT2D eigenvalue weighted by Crippen LogP contribution is -2.33. The zero-order chi connectivity index (χ0) is 33.0. The van der Waals surface area contributed by atoms with Gasteiger partial charge in [-0.1, -0.05) is 6.58 Å². The highest BCUT2D eigenvalue weighted by atomic mass is 35.5. The van der Waals surface area contributed by atoms with E-state index >= 15 is 0 Å². The summed E-state index contributed by atoms with van der Waals surface area (Å²) in [6.07, 6.45) is 0.184. The number of rotatable bonds is 8. The molecular weight excluding hydrogens is 667 g/mol. The van der Waals surface area contributed by atoms with Gasteiger partial charge < -0.3 is 19.3 Å². The van der Waals surface area contributed by atoms with Crippen molar-refractivity contribution in [2.24, 2.45) is 0 Å². The lowest BCUT2D eigenvalue weighted by Gasteiger charge is -2.21. The molecule has 0 fully saturated rings. The Morgan fingerprint density at radius 3 is 1.72 bits per heavy atom. The van der Waals surface area contributed by atoms with E-state index in [-0.39, 0.29) is 42.1 Å².